The minimum absolute atomic E-state index is 0.0395. The van der Waals surface area contributed by atoms with Crippen LogP contribution in [0.4, 0.5) is 0 Å². The van der Waals surface area contributed by atoms with Crippen LogP contribution in [0.2, 0.25) is 0 Å². The van der Waals surface area contributed by atoms with E-state index in [-0.39, 0.29) is 17.2 Å². The standard InChI is InChI=1S/C6H3Cl3O5P2/c7-15(8,10)12-4-2-1-3-5-6(4)14-16(9,11)13-5/h1-3H. The first kappa shape index (κ1) is 12.4. The molecule has 16 heavy (non-hydrogen) atoms. The molecule has 1 aliphatic heterocycles. The maximum absolute atomic E-state index is 11.3. The Morgan fingerprint density at radius 1 is 1.31 bits per heavy atom. The normalized spacial score (nSPS) is 23.2. The highest BCUT2D eigenvalue weighted by Crippen LogP contribution is 2.66. The molecule has 1 aliphatic rings. The van der Waals surface area contributed by atoms with Crippen molar-refractivity contribution in [2.75, 3.05) is 0 Å². The Kier molecular flexibility index (Phi) is 3.11. The molecule has 0 radical (unpaired) electrons. The molecule has 0 N–H and O–H groups in total. The van der Waals surface area contributed by atoms with Crippen LogP contribution in [0.15, 0.2) is 18.2 Å². The van der Waals surface area contributed by atoms with Gasteiger partial charge >= 0.3 is 13.0 Å². The quantitative estimate of drug-likeness (QED) is 0.734. The molecule has 2 rings (SSSR count). The van der Waals surface area contributed by atoms with Gasteiger partial charge in [-0.3, -0.25) is 0 Å². The lowest BCUT2D eigenvalue weighted by molar-refractivity contribution is 0.445. The van der Waals surface area contributed by atoms with Crippen LogP contribution in [0, 0.1) is 0 Å². The van der Waals surface area contributed by atoms with Gasteiger partial charge in [0.25, 0.3) is 0 Å². The van der Waals surface area contributed by atoms with Crippen molar-refractivity contribution in [3.05, 3.63) is 18.2 Å². The van der Waals surface area contributed by atoms with E-state index >= 15 is 0 Å². The Bertz CT molecular complexity index is 527. The fourth-order valence-electron chi connectivity index (χ4n) is 1.09. The molecule has 1 atom stereocenters. The first-order valence-corrected chi connectivity index (χ1v) is 9.66. The van der Waals surface area contributed by atoms with Crippen LogP contribution >= 0.6 is 46.7 Å². The second-order valence-electron chi connectivity index (χ2n) is 2.70. The van der Waals surface area contributed by atoms with Gasteiger partial charge in [-0.15, -0.1) is 0 Å². The van der Waals surface area contributed by atoms with Gasteiger partial charge in [-0.25, -0.2) is 9.13 Å². The van der Waals surface area contributed by atoms with E-state index in [2.05, 4.69) is 0 Å². The summed E-state index contributed by atoms with van der Waals surface area (Å²) in [6.07, 6.45) is -3.79. The molecule has 10 heteroatoms. The molecule has 1 aromatic rings. The summed E-state index contributed by atoms with van der Waals surface area (Å²) in [5.41, 5.74) is 0. The van der Waals surface area contributed by atoms with Gasteiger partial charge in [-0.05, 0) is 12.1 Å². The fourth-order valence-corrected chi connectivity index (χ4v) is 3.15. The summed E-state index contributed by atoms with van der Waals surface area (Å²) in [5, 5.41) is 0. The molecule has 5 nitrogen and oxygen atoms in total. The topological polar surface area (TPSA) is 61.8 Å². The van der Waals surface area contributed by atoms with Crippen molar-refractivity contribution >= 4 is 46.7 Å². The van der Waals surface area contributed by atoms with Crippen molar-refractivity contribution in [2.24, 2.45) is 0 Å². The first-order chi connectivity index (χ1) is 7.27. The van der Waals surface area contributed by atoms with Crippen LogP contribution in [0.3, 0.4) is 0 Å². The van der Waals surface area contributed by atoms with E-state index < -0.39 is 13.0 Å². The van der Waals surface area contributed by atoms with Gasteiger partial charge in [-0.1, -0.05) is 6.07 Å². The third kappa shape index (κ3) is 2.79. The average Bonchev–Trinajstić information content (AvgIpc) is 2.37. The zero-order valence-electron chi connectivity index (χ0n) is 7.30. The molecule has 1 unspecified atom stereocenters. The maximum Gasteiger partial charge on any atom is 0.530 e. The molecule has 0 spiro atoms. The molecule has 0 fully saturated rings. The minimum Gasteiger partial charge on any atom is -0.418 e. The molecule has 0 bridgehead atoms. The van der Waals surface area contributed by atoms with Crippen LogP contribution in [0.5, 0.6) is 17.2 Å². The molecule has 0 amide bonds. The van der Waals surface area contributed by atoms with Gasteiger partial charge in [0, 0.05) is 33.7 Å². The second-order valence-corrected chi connectivity index (χ2v) is 9.37. The van der Waals surface area contributed by atoms with E-state index in [1.165, 1.54) is 18.2 Å². The lowest BCUT2D eigenvalue weighted by Gasteiger charge is -2.07. The minimum atomic E-state index is -3.79. The van der Waals surface area contributed by atoms with Crippen molar-refractivity contribution in [2.45, 2.75) is 0 Å². The smallest absolute Gasteiger partial charge is 0.418 e. The Labute approximate surface area is 105 Å². The molecule has 1 aromatic carbocycles. The van der Waals surface area contributed by atoms with Crippen molar-refractivity contribution in [1.82, 2.24) is 0 Å². The van der Waals surface area contributed by atoms with E-state index in [9.17, 15) is 9.13 Å². The van der Waals surface area contributed by atoms with Gasteiger partial charge in [0.2, 0.25) is 5.75 Å². The SMILES string of the molecule is O=P(Cl)(Cl)Oc1cccc2c1OP(=O)(Cl)O2. The lowest BCUT2D eigenvalue weighted by atomic mass is 10.3. The number of fused-ring (bicyclic) bond motifs is 1. The van der Waals surface area contributed by atoms with E-state index in [0.717, 1.165) is 0 Å². The van der Waals surface area contributed by atoms with Gasteiger partial charge in [0.05, 0.1) is 0 Å². The Morgan fingerprint density at radius 2 is 2.00 bits per heavy atom. The molecule has 0 saturated carbocycles. The molecule has 88 valence electrons. The van der Waals surface area contributed by atoms with Crippen molar-refractivity contribution in [1.29, 1.82) is 0 Å². The Hall–Kier alpha value is -0.0500. The van der Waals surface area contributed by atoms with Crippen LogP contribution in [-0.4, -0.2) is 0 Å². The van der Waals surface area contributed by atoms with Crippen molar-refractivity contribution < 1.29 is 22.7 Å². The Balaban J connectivity index is 2.41. The van der Waals surface area contributed by atoms with Crippen LogP contribution in [-0.2, 0) is 9.13 Å². The van der Waals surface area contributed by atoms with E-state index in [1.807, 2.05) is 0 Å². The summed E-state index contributed by atoms with van der Waals surface area (Å²) in [4.78, 5) is 0. The van der Waals surface area contributed by atoms with E-state index in [1.54, 1.807) is 0 Å². The summed E-state index contributed by atoms with van der Waals surface area (Å²) >= 11 is 15.9. The summed E-state index contributed by atoms with van der Waals surface area (Å²) in [5.74, 6) is 0.0178. The lowest BCUT2D eigenvalue weighted by Crippen LogP contribution is -1.85. The number of halogens is 3. The monoisotopic (exact) mass is 322 g/mol. The van der Waals surface area contributed by atoms with Gasteiger partial charge in [0.15, 0.2) is 11.5 Å². The van der Waals surface area contributed by atoms with Crippen LogP contribution in [0.25, 0.3) is 0 Å². The molecule has 1 heterocycles. The molecular formula is C6H3Cl3O5P2. The van der Waals surface area contributed by atoms with Crippen LogP contribution < -0.4 is 13.6 Å². The highest BCUT2D eigenvalue weighted by atomic mass is 35.9. The fraction of sp³-hybridized carbons (Fsp3) is 0. The number of hydrogen-bond acceptors (Lipinski definition) is 5. The first-order valence-electron chi connectivity index (χ1n) is 3.78. The highest BCUT2D eigenvalue weighted by molar-refractivity contribution is 8.05. The molecule has 0 saturated heterocycles. The maximum atomic E-state index is 11.3. The zero-order valence-corrected chi connectivity index (χ0v) is 11.4. The van der Waals surface area contributed by atoms with E-state index in [0.29, 0.717) is 0 Å². The summed E-state index contributed by atoms with van der Waals surface area (Å²) in [6.45, 7) is -3.70. The van der Waals surface area contributed by atoms with E-state index in [4.69, 9.17) is 47.3 Å². The van der Waals surface area contributed by atoms with Gasteiger partial charge < -0.3 is 13.6 Å². The zero-order chi connectivity index (χ0) is 12.0. The highest BCUT2D eigenvalue weighted by Gasteiger charge is 2.37. The summed E-state index contributed by atoms with van der Waals surface area (Å²) in [6, 6.07) is 4.32. The van der Waals surface area contributed by atoms with Gasteiger partial charge in [-0.2, -0.15) is 0 Å². The predicted molar refractivity (Wildman–Crippen MR) is 61.1 cm³/mol. The summed E-state index contributed by atoms with van der Waals surface area (Å²) in [7, 11) is 0. The third-order valence-corrected chi connectivity index (χ3v) is 3.61. The van der Waals surface area contributed by atoms with Crippen LogP contribution in [0.1, 0.15) is 0 Å². The number of benzene rings is 1. The number of rotatable bonds is 2. The largest absolute Gasteiger partial charge is 0.530 e. The second kappa shape index (κ2) is 4.01. The molecule has 0 aliphatic carbocycles. The number of hydrogen-bond donors (Lipinski definition) is 0. The molecular weight excluding hydrogens is 320 g/mol. The Morgan fingerprint density at radius 3 is 2.62 bits per heavy atom. The summed E-state index contributed by atoms with van der Waals surface area (Å²) < 4.78 is 36.7. The third-order valence-electron chi connectivity index (χ3n) is 1.56. The predicted octanol–water partition coefficient (Wildman–Crippen LogP) is 4.77. The molecule has 0 aromatic heterocycles. The average molecular weight is 323 g/mol. The van der Waals surface area contributed by atoms with Crippen molar-refractivity contribution in [3.63, 3.8) is 0 Å². The number of para-hydroxylation sites is 1. The van der Waals surface area contributed by atoms with Gasteiger partial charge in [0.1, 0.15) is 0 Å². The van der Waals surface area contributed by atoms with Crippen molar-refractivity contribution in [3.8, 4) is 17.2 Å².